The Morgan fingerprint density at radius 3 is 2.58 bits per heavy atom. The molecule has 0 atom stereocenters. The quantitative estimate of drug-likeness (QED) is 0.343. The maximum Gasteiger partial charge on any atom is 0.340 e. The number of ether oxygens (including phenoxy) is 1. The van der Waals surface area contributed by atoms with Gasteiger partial charge >= 0.3 is 11.3 Å². The molecule has 168 valence electrons. The molecule has 7 heteroatoms. The lowest BCUT2D eigenvalue weighted by Gasteiger charge is -2.13. The zero-order valence-electron chi connectivity index (χ0n) is 18.6. The summed E-state index contributed by atoms with van der Waals surface area (Å²) in [5, 5.41) is 4.20. The molecule has 0 aliphatic rings. The van der Waals surface area contributed by atoms with Crippen LogP contribution >= 0.6 is 0 Å². The van der Waals surface area contributed by atoms with E-state index in [0.29, 0.717) is 51.3 Å². The summed E-state index contributed by atoms with van der Waals surface area (Å²) in [6, 6.07) is 11.5. The van der Waals surface area contributed by atoms with Crippen LogP contribution in [-0.2, 0) is 11.2 Å². The molecule has 4 aromatic rings. The minimum Gasteiger partial charge on any atom is -0.489 e. The first-order chi connectivity index (χ1) is 15.7. The Labute approximate surface area is 189 Å². The topological polar surface area (TPSA) is 98.7 Å². The Hall–Kier alpha value is -4.13. The second-order valence-electron chi connectivity index (χ2n) is 8.04. The fourth-order valence-electron chi connectivity index (χ4n) is 3.65. The second-order valence-corrected chi connectivity index (χ2v) is 8.04. The van der Waals surface area contributed by atoms with Crippen molar-refractivity contribution in [2.24, 2.45) is 0 Å². The third-order valence-electron chi connectivity index (χ3n) is 5.37. The monoisotopic (exact) mass is 445 g/mol. The molecule has 7 nitrogen and oxygen atoms in total. The Bertz CT molecular complexity index is 1530. The number of rotatable bonds is 6. The van der Waals surface area contributed by atoms with E-state index in [-0.39, 0.29) is 12.3 Å². The molecule has 0 spiro atoms. The van der Waals surface area contributed by atoms with Crippen molar-refractivity contribution in [2.75, 3.05) is 11.9 Å². The molecule has 1 amide bonds. The van der Waals surface area contributed by atoms with Gasteiger partial charge in [-0.15, -0.1) is 0 Å². The van der Waals surface area contributed by atoms with E-state index in [1.165, 1.54) is 6.07 Å². The number of carbonyl (C=O) groups is 1. The van der Waals surface area contributed by atoms with Gasteiger partial charge in [0.15, 0.2) is 0 Å². The molecular formula is C26H23NO6. The molecule has 0 radical (unpaired) electrons. The molecule has 33 heavy (non-hydrogen) atoms. The van der Waals surface area contributed by atoms with Crippen molar-refractivity contribution in [1.82, 2.24) is 0 Å². The second kappa shape index (κ2) is 8.78. The van der Waals surface area contributed by atoms with Gasteiger partial charge in [0.05, 0.1) is 12.0 Å². The zero-order valence-corrected chi connectivity index (χ0v) is 18.6. The van der Waals surface area contributed by atoms with Gasteiger partial charge in [-0.3, -0.25) is 4.79 Å². The number of amides is 1. The Balaban J connectivity index is 1.60. The molecule has 0 unspecified atom stereocenters. The number of anilines is 1. The number of aryl methyl sites for hydroxylation is 2. The molecule has 2 aromatic heterocycles. The highest BCUT2D eigenvalue weighted by atomic mass is 16.5. The molecule has 0 aliphatic heterocycles. The van der Waals surface area contributed by atoms with E-state index in [4.69, 9.17) is 13.6 Å². The van der Waals surface area contributed by atoms with Crippen molar-refractivity contribution in [3.8, 4) is 5.75 Å². The predicted molar refractivity (Wildman–Crippen MR) is 127 cm³/mol. The Morgan fingerprint density at radius 2 is 1.82 bits per heavy atom. The molecule has 0 fully saturated rings. The van der Waals surface area contributed by atoms with Crippen LogP contribution in [0.2, 0.25) is 0 Å². The van der Waals surface area contributed by atoms with Gasteiger partial charge < -0.3 is 18.9 Å². The van der Waals surface area contributed by atoms with Crippen molar-refractivity contribution in [3.63, 3.8) is 0 Å². The summed E-state index contributed by atoms with van der Waals surface area (Å²) in [5.74, 6) is 0.255. The van der Waals surface area contributed by atoms with Crippen LogP contribution in [0.4, 0.5) is 5.69 Å². The van der Waals surface area contributed by atoms with Crippen LogP contribution in [0.1, 0.15) is 23.6 Å². The number of nitrogens with one attached hydrogen (secondary N) is 1. The SMILES string of the molecule is C=C(C)COc1ccc2c(C)c(CC(=O)Nc3ccc4oc(=O)ccc4c3)c(=O)oc2c1C. The first kappa shape index (κ1) is 22.1. The molecule has 0 bridgehead atoms. The van der Waals surface area contributed by atoms with Gasteiger partial charge in [-0.25, -0.2) is 9.59 Å². The van der Waals surface area contributed by atoms with Gasteiger partial charge in [-0.2, -0.15) is 0 Å². The smallest absolute Gasteiger partial charge is 0.340 e. The van der Waals surface area contributed by atoms with Crippen molar-refractivity contribution < 1.29 is 18.4 Å². The first-order valence-electron chi connectivity index (χ1n) is 10.4. The van der Waals surface area contributed by atoms with Crippen LogP contribution in [-0.4, -0.2) is 12.5 Å². The van der Waals surface area contributed by atoms with Crippen LogP contribution in [0, 0.1) is 13.8 Å². The molecule has 2 aromatic carbocycles. The maximum atomic E-state index is 12.7. The van der Waals surface area contributed by atoms with Gasteiger partial charge in [-0.1, -0.05) is 6.58 Å². The highest BCUT2D eigenvalue weighted by molar-refractivity contribution is 5.95. The minimum absolute atomic E-state index is 0.140. The number of fused-ring (bicyclic) bond motifs is 2. The van der Waals surface area contributed by atoms with Crippen molar-refractivity contribution in [1.29, 1.82) is 0 Å². The fraction of sp³-hybridized carbons (Fsp3) is 0.192. The van der Waals surface area contributed by atoms with Gasteiger partial charge in [0.2, 0.25) is 5.91 Å². The Kier molecular flexibility index (Phi) is 5.87. The number of hydrogen-bond donors (Lipinski definition) is 1. The average Bonchev–Trinajstić information content (AvgIpc) is 2.76. The molecule has 0 saturated carbocycles. The zero-order chi connectivity index (χ0) is 23.7. The van der Waals surface area contributed by atoms with Gasteiger partial charge in [-0.05, 0) is 68.3 Å². The molecule has 1 N–H and O–H groups in total. The van der Waals surface area contributed by atoms with E-state index in [1.54, 1.807) is 31.2 Å². The highest BCUT2D eigenvalue weighted by Crippen LogP contribution is 2.30. The normalized spacial score (nSPS) is 11.0. The molecule has 0 saturated heterocycles. The fourth-order valence-corrected chi connectivity index (χ4v) is 3.65. The lowest BCUT2D eigenvalue weighted by atomic mass is 10.0. The summed E-state index contributed by atoms with van der Waals surface area (Å²) in [6.45, 7) is 9.69. The van der Waals surface area contributed by atoms with E-state index in [9.17, 15) is 14.4 Å². The van der Waals surface area contributed by atoms with Gasteiger partial charge in [0.1, 0.15) is 23.5 Å². The number of benzene rings is 2. The first-order valence-corrected chi connectivity index (χ1v) is 10.4. The average molecular weight is 445 g/mol. The predicted octanol–water partition coefficient (Wildman–Crippen LogP) is 4.65. The summed E-state index contributed by atoms with van der Waals surface area (Å²) in [5.41, 5.74) is 2.97. The van der Waals surface area contributed by atoms with Crippen molar-refractivity contribution in [2.45, 2.75) is 27.2 Å². The summed E-state index contributed by atoms with van der Waals surface area (Å²) in [7, 11) is 0. The number of carbonyl (C=O) groups excluding carboxylic acids is 1. The maximum absolute atomic E-state index is 12.7. The van der Waals surface area contributed by atoms with E-state index in [2.05, 4.69) is 11.9 Å². The van der Waals surface area contributed by atoms with Crippen LogP contribution < -0.4 is 21.3 Å². The van der Waals surface area contributed by atoms with Crippen LogP contribution in [0.25, 0.3) is 21.9 Å². The summed E-state index contributed by atoms with van der Waals surface area (Å²) in [6.07, 6.45) is -0.140. The van der Waals surface area contributed by atoms with E-state index in [0.717, 1.165) is 11.0 Å². The minimum atomic E-state index is -0.560. The molecule has 2 heterocycles. The van der Waals surface area contributed by atoms with Crippen LogP contribution in [0.3, 0.4) is 0 Å². The standard InChI is InChI=1S/C26H23NO6/c1-14(2)13-31-21-9-7-19-15(3)20(26(30)33-25(19)16(21)4)12-23(28)27-18-6-8-22-17(11-18)5-10-24(29)32-22/h5-11H,1,12-13H2,2-4H3,(H,27,28). The molecule has 0 aliphatic carbocycles. The van der Waals surface area contributed by atoms with Crippen molar-refractivity contribution >= 4 is 33.5 Å². The third kappa shape index (κ3) is 4.57. The van der Waals surface area contributed by atoms with Gasteiger partial charge in [0.25, 0.3) is 0 Å². The lowest BCUT2D eigenvalue weighted by Crippen LogP contribution is -2.20. The van der Waals surface area contributed by atoms with E-state index >= 15 is 0 Å². The molecule has 4 rings (SSSR count). The van der Waals surface area contributed by atoms with E-state index in [1.807, 2.05) is 26.0 Å². The Morgan fingerprint density at radius 1 is 1.03 bits per heavy atom. The van der Waals surface area contributed by atoms with Crippen molar-refractivity contribution in [3.05, 3.63) is 92.1 Å². The van der Waals surface area contributed by atoms with E-state index < -0.39 is 11.3 Å². The highest BCUT2D eigenvalue weighted by Gasteiger charge is 2.18. The summed E-state index contributed by atoms with van der Waals surface area (Å²) in [4.78, 5) is 36.7. The third-order valence-corrected chi connectivity index (χ3v) is 5.37. The molecular weight excluding hydrogens is 422 g/mol. The summed E-state index contributed by atoms with van der Waals surface area (Å²) >= 11 is 0. The van der Waals surface area contributed by atoms with Crippen LogP contribution in [0.15, 0.2) is 73.0 Å². The largest absolute Gasteiger partial charge is 0.489 e. The van der Waals surface area contributed by atoms with Crippen LogP contribution in [0.5, 0.6) is 5.75 Å². The lowest BCUT2D eigenvalue weighted by molar-refractivity contribution is -0.115. The van der Waals surface area contributed by atoms with Gasteiger partial charge in [0, 0.05) is 28.1 Å². The summed E-state index contributed by atoms with van der Waals surface area (Å²) < 4.78 is 16.4. The number of hydrogen-bond acceptors (Lipinski definition) is 6.